The molecule has 3 rings (SSSR count). The highest BCUT2D eigenvalue weighted by atomic mass is 16.5. The van der Waals surface area contributed by atoms with Gasteiger partial charge in [-0.2, -0.15) is 0 Å². The molecule has 2 N–H and O–H groups in total. The van der Waals surface area contributed by atoms with E-state index in [2.05, 4.69) is 17.9 Å². The Hall–Kier alpha value is -2.20. The summed E-state index contributed by atoms with van der Waals surface area (Å²) in [6.45, 7) is 4.77. The number of rotatable bonds is 7. The summed E-state index contributed by atoms with van der Waals surface area (Å²) in [7, 11) is 0. The van der Waals surface area contributed by atoms with Crippen molar-refractivity contribution in [2.45, 2.75) is 38.6 Å². The van der Waals surface area contributed by atoms with Crippen molar-refractivity contribution in [3.63, 3.8) is 0 Å². The van der Waals surface area contributed by atoms with Crippen LogP contribution in [0.15, 0.2) is 42.5 Å². The molecule has 0 fully saturated rings. The molecule has 0 heterocycles. The zero-order chi connectivity index (χ0) is 17.6. The largest absolute Gasteiger partial charge is 0.508 e. The molecule has 1 atom stereocenters. The van der Waals surface area contributed by atoms with Gasteiger partial charge in [-0.3, -0.25) is 4.90 Å². The molecule has 1 aliphatic rings. The number of hydrogen-bond donors (Lipinski definition) is 2. The fourth-order valence-electron chi connectivity index (χ4n) is 3.67. The van der Waals surface area contributed by atoms with Crippen LogP contribution in [0.25, 0.3) is 0 Å². The minimum absolute atomic E-state index is 0.254. The van der Waals surface area contributed by atoms with E-state index < -0.39 is 0 Å². The maximum atomic E-state index is 10.0. The van der Waals surface area contributed by atoms with E-state index in [0.29, 0.717) is 18.4 Å². The maximum Gasteiger partial charge on any atom is 0.119 e. The monoisotopic (exact) mass is 341 g/mol. The molecule has 134 valence electrons. The molecule has 0 amide bonds. The van der Waals surface area contributed by atoms with Crippen LogP contribution in [0.4, 0.5) is 0 Å². The lowest BCUT2D eigenvalue weighted by Crippen LogP contribution is -2.42. The Balaban J connectivity index is 1.58. The second-order valence-corrected chi connectivity index (χ2v) is 6.69. The van der Waals surface area contributed by atoms with Crippen molar-refractivity contribution in [1.29, 1.82) is 0 Å². The smallest absolute Gasteiger partial charge is 0.119 e. The molecule has 1 aliphatic carbocycles. The number of nitrogens with zero attached hydrogens (tertiary/aromatic N) is 1. The van der Waals surface area contributed by atoms with Gasteiger partial charge in [0, 0.05) is 12.6 Å². The Kier molecular flexibility index (Phi) is 5.82. The van der Waals surface area contributed by atoms with E-state index in [-0.39, 0.29) is 5.75 Å². The topological polar surface area (TPSA) is 52.9 Å². The van der Waals surface area contributed by atoms with Gasteiger partial charge in [-0.1, -0.05) is 19.1 Å². The SMILES string of the molecule is CCCN(CCOc1ccc(O)cc1)C1CCc2c(O)cccc2C1. The van der Waals surface area contributed by atoms with Crippen LogP contribution in [0, 0.1) is 0 Å². The summed E-state index contributed by atoms with van der Waals surface area (Å²) in [5.41, 5.74) is 2.40. The standard InChI is InChI=1S/C21H27NO3/c1-2-12-22(13-14-25-19-9-7-18(23)8-10-19)17-6-11-20-16(15-17)4-3-5-21(20)24/h3-5,7-10,17,23-24H,2,6,11-15H2,1H3. The normalized spacial score (nSPS) is 16.6. The van der Waals surface area contributed by atoms with Crippen LogP contribution in [0.3, 0.4) is 0 Å². The summed E-state index contributed by atoms with van der Waals surface area (Å²) in [5.74, 6) is 1.48. The molecule has 25 heavy (non-hydrogen) atoms. The molecule has 0 bridgehead atoms. The van der Waals surface area contributed by atoms with Gasteiger partial charge in [-0.15, -0.1) is 0 Å². The lowest BCUT2D eigenvalue weighted by Gasteiger charge is -2.35. The van der Waals surface area contributed by atoms with Gasteiger partial charge in [-0.05, 0) is 73.7 Å². The van der Waals surface area contributed by atoms with E-state index in [4.69, 9.17) is 4.74 Å². The van der Waals surface area contributed by atoms with Gasteiger partial charge in [0.2, 0.25) is 0 Å². The fourth-order valence-corrected chi connectivity index (χ4v) is 3.67. The predicted octanol–water partition coefficient (Wildman–Crippen LogP) is 3.75. The third-order valence-corrected chi connectivity index (χ3v) is 4.94. The summed E-state index contributed by atoms with van der Waals surface area (Å²) in [4.78, 5) is 2.51. The highest BCUT2D eigenvalue weighted by Crippen LogP contribution is 2.30. The Bertz CT molecular complexity index is 684. The second kappa shape index (κ2) is 8.26. The van der Waals surface area contributed by atoms with Gasteiger partial charge in [0.25, 0.3) is 0 Å². The Morgan fingerprint density at radius 1 is 1.08 bits per heavy atom. The number of aromatic hydroxyl groups is 2. The molecule has 4 nitrogen and oxygen atoms in total. The number of phenols is 2. The number of phenolic OH excluding ortho intramolecular Hbond substituents is 2. The first-order valence-corrected chi connectivity index (χ1v) is 9.13. The molecule has 2 aromatic rings. The average Bonchev–Trinajstić information content (AvgIpc) is 2.62. The fraction of sp³-hybridized carbons (Fsp3) is 0.429. The van der Waals surface area contributed by atoms with Crippen LogP contribution in [0.2, 0.25) is 0 Å². The lowest BCUT2D eigenvalue weighted by molar-refractivity contribution is 0.147. The second-order valence-electron chi connectivity index (χ2n) is 6.69. The Labute approximate surface area is 149 Å². The summed E-state index contributed by atoms with van der Waals surface area (Å²) in [5, 5.41) is 19.3. The van der Waals surface area contributed by atoms with Crippen molar-refractivity contribution >= 4 is 0 Å². The van der Waals surface area contributed by atoms with Gasteiger partial charge >= 0.3 is 0 Å². The van der Waals surface area contributed by atoms with Gasteiger partial charge in [0.15, 0.2) is 0 Å². The molecule has 4 heteroatoms. The van der Waals surface area contributed by atoms with Crippen LogP contribution in [0.5, 0.6) is 17.2 Å². The van der Waals surface area contributed by atoms with Gasteiger partial charge in [0.1, 0.15) is 23.9 Å². The third kappa shape index (κ3) is 4.45. The molecule has 0 saturated heterocycles. The van der Waals surface area contributed by atoms with Crippen molar-refractivity contribution < 1.29 is 14.9 Å². The number of ether oxygens (including phenoxy) is 1. The van der Waals surface area contributed by atoms with Crippen LogP contribution < -0.4 is 4.74 Å². The maximum absolute atomic E-state index is 10.0. The quantitative estimate of drug-likeness (QED) is 0.805. The van der Waals surface area contributed by atoms with Gasteiger partial charge in [-0.25, -0.2) is 0 Å². The van der Waals surface area contributed by atoms with Crippen molar-refractivity contribution in [3.05, 3.63) is 53.6 Å². The molecule has 2 aromatic carbocycles. The molecular weight excluding hydrogens is 314 g/mol. The molecule has 0 radical (unpaired) electrons. The zero-order valence-corrected chi connectivity index (χ0v) is 14.8. The van der Waals surface area contributed by atoms with Crippen molar-refractivity contribution in [3.8, 4) is 17.2 Å². The van der Waals surface area contributed by atoms with Crippen molar-refractivity contribution in [2.24, 2.45) is 0 Å². The third-order valence-electron chi connectivity index (χ3n) is 4.94. The summed E-state index contributed by atoms with van der Waals surface area (Å²) in [6.07, 6.45) is 4.11. The van der Waals surface area contributed by atoms with E-state index in [9.17, 15) is 10.2 Å². The van der Waals surface area contributed by atoms with Gasteiger partial charge < -0.3 is 14.9 Å². The van der Waals surface area contributed by atoms with E-state index >= 15 is 0 Å². The summed E-state index contributed by atoms with van der Waals surface area (Å²) < 4.78 is 5.82. The van der Waals surface area contributed by atoms with Crippen LogP contribution in [0.1, 0.15) is 30.9 Å². The van der Waals surface area contributed by atoms with Crippen LogP contribution in [-0.2, 0) is 12.8 Å². The van der Waals surface area contributed by atoms with E-state index in [1.807, 2.05) is 6.07 Å². The van der Waals surface area contributed by atoms with Crippen LogP contribution in [-0.4, -0.2) is 40.9 Å². The molecule has 0 aliphatic heterocycles. The predicted molar refractivity (Wildman–Crippen MR) is 99.4 cm³/mol. The minimum atomic E-state index is 0.254. The minimum Gasteiger partial charge on any atom is -0.508 e. The van der Waals surface area contributed by atoms with E-state index in [1.165, 1.54) is 5.56 Å². The molecule has 1 unspecified atom stereocenters. The van der Waals surface area contributed by atoms with Crippen molar-refractivity contribution in [1.82, 2.24) is 4.90 Å². The highest BCUT2D eigenvalue weighted by molar-refractivity contribution is 5.41. The van der Waals surface area contributed by atoms with Crippen molar-refractivity contribution in [2.75, 3.05) is 19.7 Å². The summed E-state index contributed by atoms with van der Waals surface area (Å²) in [6, 6.07) is 13.2. The first-order chi connectivity index (χ1) is 12.2. The first-order valence-electron chi connectivity index (χ1n) is 9.13. The number of fused-ring (bicyclic) bond motifs is 1. The Morgan fingerprint density at radius 2 is 1.88 bits per heavy atom. The van der Waals surface area contributed by atoms with Crippen LogP contribution >= 0.6 is 0 Å². The highest BCUT2D eigenvalue weighted by Gasteiger charge is 2.25. The average molecular weight is 341 g/mol. The van der Waals surface area contributed by atoms with Gasteiger partial charge in [0.05, 0.1) is 0 Å². The zero-order valence-electron chi connectivity index (χ0n) is 14.8. The molecule has 0 aromatic heterocycles. The lowest BCUT2D eigenvalue weighted by atomic mass is 9.87. The molecular formula is C21H27NO3. The van der Waals surface area contributed by atoms with E-state index in [1.54, 1.807) is 30.3 Å². The Morgan fingerprint density at radius 3 is 2.64 bits per heavy atom. The molecule has 0 spiro atoms. The number of hydrogen-bond acceptors (Lipinski definition) is 4. The van der Waals surface area contributed by atoms with E-state index in [0.717, 1.165) is 50.1 Å². The molecule has 0 saturated carbocycles. The first kappa shape index (κ1) is 17.6. The number of benzene rings is 2. The summed E-state index contributed by atoms with van der Waals surface area (Å²) >= 11 is 0.